The highest BCUT2D eigenvalue weighted by atomic mass is 16.6. The highest BCUT2D eigenvalue weighted by Gasteiger charge is 2.13. The lowest BCUT2D eigenvalue weighted by Gasteiger charge is -2.10. The zero-order valence-electron chi connectivity index (χ0n) is 12.8. The van der Waals surface area contributed by atoms with Crippen LogP contribution >= 0.6 is 0 Å². The number of nitrogens with one attached hydrogen (secondary N) is 1. The summed E-state index contributed by atoms with van der Waals surface area (Å²) in [6.07, 6.45) is 1.42. The van der Waals surface area contributed by atoms with Gasteiger partial charge < -0.3 is 19.5 Å². The number of carbonyl (C=O) groups excluding carboxylic acids is 3. The molecule has 1 aromatic rings. The van der Waals surface area contributed by atoms with Gasteiger partial charge in [0, 0.05) is 13.8 Å². The summed E-state index contributed by atoms with van der Waals surface area (Å²) in [5.74, 6) is -0.990. The molecule has 0 aliphatic carbocycles. The number of ether oxygens (including phenoxy) is 3. The van der Waals surface area contributed by atoms with Gasteiger partial charge in [0.05, 0.1) is 14.2 Å². The number of esters is 2. The molecule has 1 aromatic carbocycles. The van der Waals surface area contributed by atoms with E-state index in [1.54, 1.807) is 12.1 Å². The van der Waals surface area contributed by atoms with E-state index in [2.05, 4.69) is 10.1 Å². The fourth-order valence-corrected chi connectivity index (χ4v) is 1.63. The number of hydrogen-bond donors (Lipinski definition) is 1. The van der Waals surface area contributed by atoms with Crippen molar-refractivity contribution >= 4 is 23.9 Å². The molecule has 0 aliphatic heterocycles. The standard InChI is InChI=1S/C15H17NO6/c1-9(17)16-12(15(19)21-4)7-11-5-6-13(22-10(2)18)14(8-11)20-3/h5-8H,1-4H3,(H,16,17). The number of rotatable bonds is 5. The smallest absolute Gasteiger partial charge is 0.354 e. The van der Waals surface area contributed by atoms with E-state index in [1.165, 1.54) is 40.2 Å². The molecular weight excluding hydrogens is 290 g/mol. The van der Waals surface area contributed by atoms with Crippen molar-refractivity contribution in [3.8, 4) is 11.5 Å². The maximum atomic E-state index is 11.6. The largest absolute Gasteiger partial charge is 0.493 e. The summed E-state index contributed by atoms with van der Waals surface area (Å²) in [4.78, 5) is 33.7. The van der Waals surface area contributed by atoms with E-state index >= 15 is 0 Å². The van der Waals surface area contributed by atoms with Crippen LogP contribution in [0.15, 0.2) is 23.9 Å². The van der Waals surface area contributed by atoms with Crippen molar-refractivity contribution < 1.29 is 28.6 Å². The molecule has 0 atom stereocenters. The lowest BCUT2D eigenvalue weighted by atomic mass is 10.1. The van der Waals surface area contributed by atoms with Crippen molar-refractivity contribution in [3.05, 3.63) is 29.5 Å². The van der Waals surface area contributed by atoms with Crippen LogP contribution < -0.4 is 14.8 Å². The Morgan fingerprint density at radius 3 is 2.27 bits per heavy atom. The Hall–Kier alpha value is -2.83. The number of carbonyl (C=O) groups is 3. The van der Waals surface area contributed by atoms with Crippen molar-refractivity contribution in [1.82, 2.24) is 5.32 Å². The maximum absolute atomic E-state index is 11.6. The Labute approximate surface area is 127 Å². The molecule has 1 amide bonds. The molecule has 7 nitrogen and oxygen atoms in total. The van der Waals surface area contributed by atoms with Crippen LogP contribution in [0.2, 0.25) is 0 Å². The minimum Gasteiger partial charge on any atom is -0.493 e. The highest BCUT2D eigenvalue weighted by molar-refractivity contribution is 5.97. The Bertz CT molecular complexity index is 620. The van der Waals surface area contributed by atoms with Gasteiger partial charge in [-0.05, 0) is 23.8 Å². The summed E-state index contributed by atoms with van der Waals surface area (Å²) < 4.78 is 14.7. The molecule has 0 heterocycles. The third-order valence-electron chi connectivity index (χ3n) is 2.47. The molecule has 0 spiro atoms. The molecule has 1 rings (SSSR count). The average Bonchev–Trinajstić information content (AvgIpc) is 2.46. The van der Waals surface area contributed by atoms with Crippen LogP contribution in [0, 0.1) is 0 Å². The van der Waals surface area contributed by atoms with E-state index in [4.69, 9.17) is 9.47 Å². The summed E-state index contributed by atoms with van der Waals surface area (Å²) in [6, 6.07) is 4.68. The van der Waals surface area contributed by atoms with Gasteiger partial charge in [-0.1, -0.05) is 6.07 Å². The van der Waals surface area contributed by atoms with E-state index < -0.39 is 17.8 Å². The third-order valence-corrected chi connectivity index (χ3v) is 2.47. The van der Waals surface area contributed by atoms with Crippen molar-refractivity contribution in [2.45, 2.75) is 13.8 Å². The highest BCUT2D eigenvalue weighted by Crippen LogP contribution is 2.29. The van der Waals surface area contributed by atoms with Gasteiger partial charge in [-0.15, -0.1) is 0 Å². The first-order chi connectivity index (χ1) is 10.4. The Morgan fingerprint density at radius 2 is 1.77 bits per heavy atom. The summed E-state index contributed by atoms with van der Waals surface area (Å²) in [7, 11) is 2.63. The van der Waals surface area contributed by atoms with Gasteiger partial charge in [0.15, 0.2) is 11.5 Å². The molecule has 0 saturated heterocycles. The molecular formula is C15H17NO6. The fraction of sp³-hybridized carbons (Fsp3) is 0.267. The summed E-state index contributed by atoms with van der Waals surface area (Å²) >= 11 is 0. The van der Waals surface area contributed by atoms with Crippen LogP contribution in [-0.4, -0.2) is 32.1 Å². The summed E-state index contributed by atoms with van der Waals surface area (Å²) in [6.45, 7) is 2.56. The molecule has 7 heteroatoms. The minimum absolute atomic E-state index is 0.0164. The quantitative estimate of drug-likeness (QED) is 0.500. The zero-order valence-corrected chi connectivity index (χ0v) is 12.8. The maximum Gasteiger partial charge on any atom is 0.354 e. The summed E-state index contributed by atoms with van der Waals surface area (Å²) in [5, 5.41) is 2.38. The Balaban J connectivity index is 3.18. The van der Waals surface area contributed by atoms with Gasteiger partial charge in [-0.2, -0.15) is 0 Å². The molecule has 0 fully saturated rings. The molecule has 118 valence electrons. The van der Waals surface area contributed by atoms with Gasteiger partial charge in [0.25, 0.3) is 0 Å². The first-order valence-electron chi connectivity index (χ1n) is 6.31. The second-order valence-corrected chi connectivity index (χ2v) is 4.23. The van der Waals surface area contributed by atoms with Crippen LogP contribution in [-0.2, 0) is 19.1 Å². The van der Waals surface area contributed by atoms with Crippen molar-refractivity contribution in [2.24, 2.45) is 0 Å². The van der Waals surface area contributed by atoms with Crippen molar-refractivity contribution in [2.75, 3.05) is 14.2 Å². The SMILES string of the molecule is COC(=O)C(=Cc1ccc(OC(C)=O)c(OC)c1)NC(C)=O. The van der Waals surface area contributed by atoms with Crippen LogP contribution in [0.5, 0.6) is 11.5 Å². The van der Waals surface area contributed by atoms with Gasteiger partial charge in [-0.25, -0.2) is 4.79 Å². The van der Waals surface area contributed by atoms with Crippen molar-refractivity contribution in [3.63, 3.8) is 0 Å². The molecule has 0 aliphatic rings. The molecule has 0 aromatic heterocycles. The van der Waals surface area contributed by atoms with E-state index in [1.807, 2.05) is 0 Å². The number of amides is 1. The topological polar surface area (TPSA) is 90.9 Å². The fourth-order valence-electron chi connectivity index (χ4n) is 1.63. The van der Waals surface area contributed by atoms with E-state index in [0.29, 0.717) is 11.3 Å². The van der Waals surface area contributed by atoms with Gasteiger partial charge >= 0.3 is 11.9 Å². The number of hydrogen-bond acceptors (Lipinski definition) is 6. The molecule has 1 N–H and O–H groups in total. The van der Waals surface area contributed by atoms with Gasteiger partial charge in [0.2, 0.25) is 5.91 Å². The van der Waals surface area contributed by atoms with E-state index in [-0.39, 0.29) is 11.4 Å². The second kappa shape index (κ2) is 7.82. The zero-order chi connectivity index (χ0) is 16.7. The first-order valence-corrected chi connectivity index (χ1v) is 6.31. The number of benzene rings is 1. The van der Waals surface area contributed by atoms with Gasteiger partial charge in [-0.3, -0.25) is 9.59 Å². The lowest BCUT2D eigenvalue weighted by Crippen LogP contribution is -2.25. The average molecular weight is 307 g/mol. The first kappa shape index (κ1) is 17.2. The van der Waals surface area contributed by atoms with E-state index in [0.717, 1.165) is 0 Å². The predicted octanol–water partition coefficient (Wildman–Crippen LogP) is 1.27. The monoisotopic (exact) mass is 307 g/mol. The van der Waals surface area contributed by atoms with Crippen molar-refractivity contribution in [1.29, 1.82) is 0 Å². The third kappa shape index (κ3) is 4.93. The van der Waals surface area contributed by atoms with Crippen LogP contribution in [0.4, 0.5) is 0 Å². The van der Waals surface area contributed by atoms with Crippen LogP contribution in [0.1, 0.15) is 19.4 Å². The minimum atomic E-state index is -0.682. The van der Waals surface area contributed by atoms with Crippen LogP contribution in [0.3, 0.4) is 0 Å². The molecule has 0 saturated carbocycles. The normalized spacial score (nSPS) is 10.6. The summed E-state index contributed by atoms with van der Waals surface area (Å²) in [5.41, 5.74) is 0.541. The lowest BCUT2D eigenvalue weighted by molar-refractivity contribution is -0.137. The second-order valence-electron chi connectivity index (χ2n) is 4.23. The molecule has 0 radical (unpaired) electrons. The van der Waals surface area contributed by atoms with Crippen LogP contribution in [0.25, 0.3) is 6.08 Å². The molecule has 0 unspecified atom stereocenters. The molecule has 22 heavy (non-hydrogen) atoms. The van der Waals surface area contributed by atoms with Gasteiger partial charge in [0.1, 0.15) is 5.70 Å². The Morgan fingerprint density at radius 1 is 1.09 bits per heavy atom. The predicted molar refractivity (Wildman–Crippen MR) is 78.1 cm³/mol. The number of methoxy groups -OCH3 is 2. The van der Waals surface area contributed by atoms with E-state index in [9.17, 15) is 14.4 Å². The Kier molecular flexibility index (Phi) is 6.12. The molecule has 0 bridgehead atoms.